The lowest BCUT2D eigenvalue weighted by Crippen LogP contribution is -2.35. The number of nitrogens with zero attached hydrogens (tertiary/aromatic N) is 1. The number of ether oxygens (including phenoxy) is 1. The second-order valence-corrected chi connectivity index (χ2v) is 10.5. The molecule has 23 heavy (non-hydrogen) atoms. The highest BCUT2D eigenvalue weighted by Crippen LogP contribution is 2.35. The minimum Gasteiger partial charge on any atom is -0.376 e. The SMILES string of the molecule is Cc1ccc(CN2C[C@H]3[C@H](CNS(=O)(=O)C4CC4)CO[C@H]3C2)s1. The summed E-state index contributed by atoms with van der Waals surface area (Å²) in [7, 11) is -3.08. The Morgan fingerprint density at radius 1 is 1.35 bits per heavy atom. The van der Waals surface area contributed by atoms with Crippen LogP contribution in [0.4, 0.5) is 0 Å². The number of aryl methyl sites for hydroxylation is 1. The lowest BCUT2D eigenvalue weighted by Gasteiger charge is -2.19. The van der Waals surface area contributed by atoms with Crippen LogP contribution < -0.4 is 4.72 Å². The number of hydrogen-bond donors (Lipinski definition) is 1. The van der Waals surface area contributed by atoms with E-state index in [0.29, 0.717) is 25.0 Å². The van der Waals surface area contributed by atoms with Gasteiger partial charge < -0.3 is 4.74 Å². The van der Waals surface area contributed by atoms with Gasteiger partial charge in [-0.3, -0.25) is 4.90 Å². The van der Waals surface area contributed by atoms with Crippen LogP contribution in [-0.2, 0) is 21.3 Å². The van der Waals surface area contributed by atoms with Gasteiger partial charge in [0.25, 0.3) is 0 Å². The maximum Gasteiger partial charge on any atom is 0.214 e. The average Bonchev–Trinajstić information content (AvgIpc) is 3.05. The maximum atomic E-state index is 12.0. The van der Waals surface area contributed by atoms with Gasteiger partial charge in [0.05, 0.1) is 18.0 Å². The van der Waals surface area contributed by atoms with Crippen molar-refractivity contribution in [2.45, 2.75) is 37.7 Å². The van der Waals surface area contributed by atoms with E-state index in [4.69, 9.17) is 4.74 Å². The Morgan fingerprint density at radius 2 is 2.17 bits per heavy atom. The van der Waals surface area contributed by atoms with Crippen LogP contribution >= 0.6 is 11.3 Å². The summed E-state index contributed by atoms with van der Waals surface area (Å²) in [6, 6.07) is 4.37. The Hall–Kier alpha value is -0.470. The van der Waals surface area contributed by atoms with E-state index in [9.17, 15) is 8.42 Å². The highest BCUT2D eigenvalue weighted by atomic mass is 32.2. The van der Waals surface area contributed by atoms with Crippen molar-refractivity contribution in [1.82, 2.24) is 9.62 Å². The van der Waals surface area contributed by atoms with Crippen molar-refractivity contribution in [3.63, 3.8) is 0 Å². The van der Waals surface area contributed by atoms with E-state index in [2.05, 4.69) is 28.7 Å². The van der Waals surface area contributed by atoms with Crippen molar-refractivity contribution >= 4 is 21.4 Å². The summed E-state index contributed by atoms with van der Waals surface area (Å²) >= 11 is 1.85. The largest absolute Gasteiger partial charge is 0.376 e. The Labute approximate surface area is 142 Å². The molecule has 1 N–H and O–H groups in total. The average molecular weight is 357 g/mol. The van der Waals surface area contributed by atoms with Crippen LogP contribution in [0.5, 0.6) is 0 Å². The first-order valence-corrected chi connectivity index (χ1v) is 10.8. The molecule has 3 heterocycles. The zero-order valence-electron chi connectivity index (χ0n) is 13.4. The molecule has 0 aromatic carbocycles. The first-order valence-electron chi connectivity index (χ1n) is 8.39. The summed E-state index contributed by atoms with van der Waals surface area (Å²) in [4.78, 5) is 5.19. The van der Waals surface area contributed by atoms with Crippen molar-refractivity contribution in [3.05, 3.63) is 21.9 Å². The van der Waals surface area contributed by atoms with Gasteiger partial charge in [0.1, 0.15) is 0 Å². The fourth-order valence-corrected chi connectivity index (χ4v) is 6.10. The lowest BCUT2D eigenvalue weighted by atomic mass is 9.93. The molecular formula is C16H24N2O3S2. The molecule has 0 unspecified atom stereocenters. The predicted octanol–water partition coefficient (Wildman–Crippen LogP) is 1.59. The van der Waals surface area contributed by atoms with E-state index in [1.54, 1.807) is 0 Å². The van der Waals surface area contributed by atoms with Gasteiger partial charge in [-0.1, -0.05) is 0 Å². The number of thiophene rings is 1. The molecular weight excluding hydrogens is 332 g/mol. The van der Waals surface area contributed by atoms with Gasteiger partial charge in [0.2, 0.25) is 10.0 Å². The summed E-state index contributed by atoms with van der Waals surface area (Å²) in [5.74, 6) is 0.765. The van der Waals surface area contributed by atoms with Gasteiger partial charge in [-0.25, -0.2) is 13.1 Å². The molecule has 7 heteroatoms. The molecule has 128 valence electrons. The molecule has 1 aromatic rings. The van der Waals surface area contributed by atoms with Crippen LogP contribution in [0.2, 0.25) is 0 Å². The van der Waals surface area contributed by atoms with E-state index < -0.39 is 10.0 Å². The molecule has 0 radical (unpaired) electrons. The fraction of sp³-hybridized carbons (Fsp3) is 0.750. The second-order valence-electron chi connectivity index (χ2n) is 7.09. The van der Waals surface area contributed by atoms with E-state index >= 15 is 0 Å². The lowest BCUT2D eigenvalue weighted by molar-refractivity contribution is 0.0944. The second kappa shape index (κ2) is 6.11. The van der Waals surface area contributed by atoms with Gasteiger partial charge in [0, 0.05) is 47.8 Å². The molecule has 1 saturated carbocycles. The topological polar surface area (TPSA) is 58.6 Å². The molecule has 5 nitrogen and oxygen atoms in total. The molecule has 3 fully saturated rings. The summed E-state index contributed by atoms with van der Waals surface area (Å²) in [6.07, 6.45) is 1.90. The molecule has 0 bridgehead atoms. The molecule has 2 aliphatic heterocycles. The van der Waals surface area contributed by atoms with E-state index in [-0.39, 0.29) is 11.4 Å². The third-order valence-corrected chi connectivity index (χ3v) is 8.10. The standard InChI is InChI=1S/C16H24N2O3S2/c1-11-2-3-13(22-11)7-18-8-15-12(10-21-16(15)9-18)6-17-23(19,20)14-4-5-14/h2-3,12,14-17H,4-10H2,1H3/t12-,15+,16+/m1/s1. The number of rotatable bonds is 6. The number of nitrogens with one attached hydrogen (secondary N) is 1. The minimum absolute atomic E-state index is 0.136. The van der Waals surface area contributed by atoms with E-state index in [1.165, 1.54) is 9.75 Å². The van der Waals surface area contributed by atoms with Gasteiger partial charge in [-0.15, -0.1) is 11.3 Å². The Balaban J connectivity index is 1.32. The first kappa shape index (κ1) is 16.0. The van der Waals surface area contributed by atoms with Gasteiger partial charge >= 0.3 is 0 Å². The normalized spacial score (nSPS) is 31.6. The zero-order chi connectivity index (χ0) is 16.0. The maximum absolute atomic E-state index is 12.0. The van der Waals surface area contributed by atoms with Crippen LogP contribution in [-0.4, -0.2) is 50.9 Å². The van der Waals surface area contributed by atoms with Crippen LogP contribution in [0, 0.1) is 18.8 Å². The summed E-state index contributed by atoms with van der Waals surface area (Å²) in [5, 5.41) is -0.136. The summed E-state index contributed by atoms with van der Waals surface area (Å²) in [6.45, 7) is 6.32. The number of sulfonamides is 1. The van der Waals surface area contributed by atoms with Gasteiger partial charge in [-0.2, -0.15) is 0 Å². The smallest absolute Gasteiger partial charge is 0.214 e. The molecule has 3 aliphatic rings. The molecule has 0 amide bonds. The zero-order valence-corrected chi connectivity index (χ0v) is 15.0. The molecule has 1 aromatic heterocycles. The number of fused-ring (bicyclic) bond motifs is 1. The highest BCUT2D eigenvalue weighted by Gasteiger charge is 2.44. The van der Waals surface area contributed by atoms with E-state index in [1.807, 2.05) is 11.3 Å². The fourth-order valence-electron chi connectivity index (χ4n) is 3.73. The molecule has 3 atom stereocenters. The van der Waals surface area contributed by atoms with Crippen LogP contribution in [0.1, 0.15) is 22.6 Å². The van der Waals surface area contributed by atoms with Crippen molar-refractivity contribution < 1.29 is 13.2 Å². The molecule has 0 spiro atoms. The first-order chi connectivity index (χ1) is 11.0. The van der Waals surface area contributed by atoms with Gasteiger partial charge in [0.15, 0.2) is 0 Å². The van der Waals surface area contributed by atoms with Crippen molar-refractivity contribution in [2.24, 2.45) is 11.8 Å². The molecule has 1 aliphatic carbocycles. The number of hydrogen-bond acceptors (Lipinski definition) is 5. The molecule has 4 rings (SSSR count). The van der Waals surface area contributed by atoms with Crippen LogP contribution in [0.15, 0.2) is 12.1 Å². The quantitative estimate of drug-likeness (QED) is 0.841. The van der Waals surface area contributed by atoms with Crippen molar-refractivity contribution in [1.29, 1.82) is 0 Å². The van der Waals surface area contributed by atoms with Crippen molar-refractivity contribution in [3.8, 4) is 0 Å². The number of likely N-dealkylation sites (tertiary alicyclic amines) is 1. The predicted molar refractivity (Wildman–Crippen MR) is 91.0 cm³/mol. The van der Waals surface area contributed by atoms with Crippen LogP contribution in [0.3, 0.4) is 0 Å². The van der Waals surface area contributed by atoms with Crippen molar-refractivity contribution in [2.75, 3.05) is 26.2 Å². The highest BCUT2D eigenvalue weighted by molar-refractivity contribution is 7.90. The Kier molecular flexibility index (Phi) is 4.26. The van der Waals surface area contributed by atoms with Gasteiger partial charge in [-0.05, 0) is 31.9 Å². The minimum atomic E-state index is -3.08. The monoisotopic (exact) mass is 356 g/mol. The van der Waals surface area contributed by atoms with E-state index in [0.717, 1.165) is 32.5 Å². The third-order valence-electron chi connectivity index (χ3n) is 5.20. The third kappa shape index (κ3) is 3.49. The van der Waals surface area contributed by atoms with Crippen LogP contribution in [0.25, 0.3) is 0 Å². The Bertz CT molecular complexity index is 669. The Morgan fingerprint density at radius 3 is 2.87 bits per heavy atom. The summed E-state index contributed by atoms with van der Waals surface area (Å²) in [5.41, 5.74) is 0. The molecule has 2 saturated heterocycles. The summed E-state index contributed by atoms with van der Waals surface area (Å²) < 4.78 is 32.7.